The van der Waals surface area contributed by atoms with Crippen molar-refractivity contribution in [3.05, 3.63) is 53.2 Å². The van der Waals surface area contributed by atoms with Crippen molar-refractivity contribution in [1.29, 1.82) is 0 Å². The molecule has 0 spiro atoms. The van der Waals surface area contributed by atoms with E-state index >= 15 is 0 Å². The number of aryl methyl sites for hydroxylation is 4. The first kappa shape index (κ1) is 14.3. The minimum absolute atomic E-state index is 0.356. The Balaban J connectivity index is 1.84. The zero-order chi connectivity index (χ0) is 15.7. The lowest BCUT2D eigenvalue weighted by molar-refractivity contribution is 0.291. The Bertz CT molecular complexity index is 803. The molecule has 3 rings (SSSR count). The fourth-order valence-corrected chi connectivity index (χ4v) is 2.26. The van der Waals surface area contributed by atoms with Gasteiger partial charge >= 0.3 is 0 Å². The highest BCUT2D eigenvalue weighted by molar-refractivity contribution is 5.34. The Morgan fingerprint density at radius 3 is 2.59 bits per heavy atom. The number of hydrogen-bond acceptors (Lipinski definition) is 4. The monoisotopic (exact) mass is 297 g/mol. The first-order valence-corrected chi connectivity index (χ1v) is 7.15. The van der Waals surface area contributed by atoms with E-state index in [1.165, 1.54) is 11.1 Å². The number of rotatable bonds is 4. The maximum absolute atomic E-state index is 5.87. The van der Waals surface area contributed by atoms with E-state index < -0.39 is 0 Å². The molecule has 0 N–H and O–H groups in total. The molecule has 114 valence electrons. The zero-order valence-corrected chi connectivity index (χ0v) is 13.2. The minimum atomic E-state index is 0.356. The highest BCUT2D eigenvalue weighted by Crippen LogP contribution is 2.18. The Hall–Kier alpha value is -2.63. The van der Waals surface area contributed by atoms with Crippen LogP contribution >= 0.6 is 0 Å². The predicted octanol–water partition coefficient (Wildman–Crippen LogP) is 2.51. The van der Waals surface area contributed by atoms with Crippen LogP contribution in [0.25, 0.3) is 5.82 Å². The van der Waals surface area contributed by atoms with Gasteiger partial charge in [0.15, 0.2) is 11.6 Å². The van der Waals surface area contributed by atoms with E-state index in [4.69, 9.17) is 4.74 Å². The molecule has 6 heteroatoms. The number of ether oxygens (including phenoxy) is 1. The van der Waals surface area contributed by atoms with Crippen molar-refractivity contribution >= 4 is 0 Å². The van der Waals surface area contributed by atoms with Crippen LogP contribution in [0.15, 0.2) is 30.5 Å². The van der Waals surface area contributed by atoms with Crippen molar-refractivity contribution in [3.8, 4) is 11.6 Å². The molecule has 0 saturated carbocycles. The van der Waals surface area contributed by atoms with E-state index in [-0.39, 0.29) is 0 Å². The van der Waals surface area contributed by atoms with Gasteiger partial charge in [0.25, 0.3) is 0 Å². The van der Waals surface area contributed by atoms with Crippen LogP contribution < -0.4 is 4.74 Å². The van der Waals surface area contributed by atoms with Gasteiger partial charge in [-0.05, 0) is 44.0 Å². The van der Waals surface area contributed by atoms with Crippen LogP contribution in [0.3, 0.4) is 0 Å². The molecule has 0 aliphatic carbocycles. The molecule has 2 aromatic heterocycles. The normalized spacial score (nSPS) is 10.9. The fraction of sp³-hybridized carbons (Fsp3) is 0.312. The molecule has 0 bridgehead atoms. The molecule has 0 amide bonds. The third kappa shape index (κ3) is 2.72. The van der Waals surface area contributed by atoms with Crippen molar-refractivity contribution in [1.82, 2.24) is 24.5 Å². The molecular weight excluding hydrogens is 278 g/mol. The number of benzene rings is 1. The van der Waals surface area contributed by atoms with E-state index in [0.29, 0.717) is 12.4 Å². The number of nitrogens with zero attached hydrogens (tertiary/aromatic N) is 5. The van der Waals surface area contributed by atoms with Gasteiger partial charge in [0.05, 0.1) is 6.20 Å². The van der Waals surface area contributed by atoms with Crippen molar-refractivity contribution < 1.29 is 4.74 Å². The Kier molecular flexibility index (Phi) is 3.66. The molecule has 0 saturated heterocycles. The SMILES string of the molecule is Cc1nc(COc2ccc(C)c(C)c2)n(-c2ccnn2C)n1. The van der Waals surface area contributed by atoms with Crippen molar-refractivity contribution in [2.45, 2.75) is 27.4 Å². The minimum Gasteiger partial charge on any atom is -0.486 e. The molecule has 0 radical (unpaired) electrons. The first-order chi connectivity index (χ1) is 10.5. The van der Waals surface area contributed by atoms with Gasteiger partial charge in [0.1, 0.15) is 18.2 Å². The third-order valence-corrected chi connectivity index (χ3v) is 3.64. The summed E-state index contributed by atoms with van der Waals surface area (Å²) in [7, 11) is 1.88. The van der Waals surface area contributed by atoms with E-state index in [2.05, 4.69) is 35.1 Å². The van der Waals surface area contributed by atoms with Gasteiger partial charge in [0, 0.05) is 13.1 Å². The fourth-order valence-electron chi connectivity index (χ4n) is 2.26. The maximum atomic E-state index is 5.87. The molecule has 3 aromatic rings. The maximum Gasteiger partial charge on any atom is 0.171 e. The number of aromatic nitrogens is 5. The molecule has 0 aliphatic rings. The van der Waals surface area contributed by atoms with Gasteiger partial charge in [-0.15, -0.1) is 5.10 Å². The van der Waals surface area contributed by atoms with E-state index in [0.717, 1.165) is 17.4 Å². The lowest BCUT2D eigenvalue weighted by Gasteiger charge is -2.09. The standard InChI is InChI=1S/C16H19N5O/c1-11-5-6-14(9-12(11)2)22-10-15-18-13(3)19-21(15)16-7-8-17-20(16)4/h5-9H,10H2,1-4H3. The lowest BCUT2D eigenvalue weighted by atomic mass is 10.1. The topological polar surface area (TPSA) is 57.8 Å². The van der Waals surface area contributed by atoms with Crippen LogP contribution in [0.5, 0.6) is 5.75 Å². The summed E-state index contributed by atoms with van der Waals surface area (Å²) < 4.78 is 9.39. The van der Waals surface area contributed by atoms with E-state index in [9.17, 15) is 0 Å². The summed E-state index contributed by atoms with van der Waals surface area (Å²) in [6, 6.07) is 7.96. The molecule has 6 nitrogen and oxygen atoms in total. The molecular formula is C16H19N5O. The van der Waals surface area contributed by atoms with E-state index in [1.807, 2.05) is 32.2 Å². The molecule has 0 atom stereocenters. The predicted molar refractivity (Wildman–Crippen MR) is 83.1 cm³/mol. The molecule has 0 fully saturated rings. The second-order valence-corrected chi connectivity index (χ2v) is 5.33. The molecule has 0 aliphatic heterocycles. The molecule has 1 aromatic carbocycles. The van der Waals surface area contributed by atoms with Crippen molar-refractivity contribution in [2.24, 2.45) is 7.05 Å². The lowest BCUT2D eigenvalue weighted by Crippen LogP contribution is -2.10. The zero-order valence-electron chi connectivity index (χ0n) is 13.2. The summed E-state index contributed by atoms with van der Waals surface area (Å²) >= 11 is 0. The van der Waals surface area contributed by atoms with Crippen LogP contribution in [-0.2, 0) is 13.7 Å². The summed E-state index contributed by atoms with van der Waals surface area (Å²) in [5.74, 6) is 3.15. The first-order valence-electron chi connectivity index (χ1n) is 7.15. The largest absolute Gasteiger partial charge is 0.486 e. The van der Waals surface area contributed by atoms with Gasteiger partial charge in [-0.3, -0.25) is 4.68 Å². The van der Waals surface area contributed by atoms with Crippen LogP contribution in [-0.4, -0.2) is 24.5 Å². The Morgan fingerprint density at radius 2 is 1.91 bits per heavy atom. The number of hydrogen-bond donors (Lipinski definition) is 0. The van der Waals surface area contributed by atoms with Crippen LogP contribution in [0.1, 0.15) is 22.8 Å². The summed E-state index contributed by atoms with van der Waals surface area (Å²) in [6.45, 7) is 6.38. The van der Waals surface area contributed by atoms with Gasteiger partial charge in [-0.1, -0.05) is 6.07 Å². The van der Waals surface area contributed by atoms with Gasteiger partial charge in [0.2, 0.25) is 0 Å². The van der Waals surface area contributed by atoms with Gasteiger partial charge < -0.3 is 4.74 Å². The van der Waals surface area contributed by atoms with Crippen molar-refractivity contribution in [2.75, 3.05) is 0 Å². The molecule has 0 unspecified atom stereocenters. The average Bonchev–Trinajstić information content (AvgIpc) is 3.05. The molecule has 2 heterocycles. The van der Waals surface area contributed by atoms with Crippen LogP contribution in [0.2, 0.25) is 0 Å². The van der Waals surface area contributed by atoms with Gasteiger partial charge in [-0.25, -0.2) is 4.98 Å². The third-order valence-electron chi connectivity index (χ3n) is 3.64. The van der Waals surface area contributed by atoms with E-state index in [1.54, 1.807) is 15.6 Å². The second kappa shape index (κ2) is 5.63. The average molecular weight is 297 g/mol. The molecule has 22 heavy (non-hydrogen) atoms. The Labute approximate surface area is 129 Å². The van der Waals surface area contributed by atoms with Gasteiger partial charge in [-0.2, -0.15) is 9.78 Å². The Morgan fingerprint density at radius 1 is 1.09 bits per heavy atom. The highest BCUT2D eigenvalue weighted by atomic mass is 16.5. The van der Waals surface area contributed by atoms with Crippen molar-refractivity contribution in [3.63, 3.8) is 0 Å². The summed E-state index contributed by atoms with van der Waals surface area (Å²) in [5, 5.41) is 8.59. The van der Waals surface area contributed by atoms with Crippen LogP contribution in [0, 0.1) is 20.8 Å². The smallest absolute Gasteiger partial charge is 0.171 e. The van der Waals surface area contributed by atoms with Crippen LogP contribution in [0.4, 0.5) is 0 Å². The highest BCUT2D eigenvalue weighted by Gasteiger charge is 2.13. The quantitative estimate of drug-likeness (QED) is 0.742. The summed E-state index contributed by atoms with van der Waals surface area (Å²) in [4.78, 5) is 4.45. The summed E-state index contributed by atoms with van der Waals surface area (Å²) in [6.07, 6.45) is 1.74. The summed E-state index contributed by atoms with van der Waals surface area (Å²) in [5.41, 5.74) is 2.46. The second-order valence-electron chi connectivity index (χ2n) is 5.33.